The molecule has 1 amide bonds. The summed E-state index contributed by atoms with van der Waals surface area (Å²) in [4.78, 5) is 19.8. The van der Waals surface area contributed by atoms with Crippen molar-refractivity contribution in [3.63, 3.8) is 0 Å². The SMILES string of the molecule is Cl.NCC1(CC(=O)Nc2nc3ccccc3[nH]2)CCCCC1. The van der Waals surface area contributed by atoms with Crippen LogP contribution in [-0.4, -0.2) is 22.4 Å². The summed E-state index contributed by atoms with van der Waals surface area (Å²) in [5.41, 5.74) is 7.71. The van der Waals surface area contributed by atoms with Crippen LogP contribution in [0.1, 0.15) is 38.5 Å². The Morgan fingerprint density at radius 1 is 1.27 bits per heavy atom. The first-order valence-corrected chi connectivity index (χ1v) is 7.65. The minimum atomic E-state index is -0.0195. The van der Waals surface area contributed by atoms with Crippen LogP contribution in [0.2, 0.25) is 0 Å². The zero-order valence-electron chi connectivity index (χ0n) is 12.6. The first-order chi connectivity index (χ1) is 10.2. The van der Waals surface area contributed by atoms with E-state index in [0.29, 0.717) is 18.9 Å². The maximum absolute atomic E-state index is 12.3. The minimum absolute atomic E-state index is 0. The Labute approximate surface area is 136 Å². The fraction of sp³-hybridized carbons (Fsp3) is 0.500. The molecule has 6 heteroatoms. The molecule has 120 valence electrons. The van der Waals surface area contributed by atoms with Gasteiger partial charge in [0, 0.05) is 6.42 Å². The number of nitrogens with one attached hydrogen (secondary N) is 2. The maximum atomic E-state index is 12.3. The standard InChI is InChI=1S/C16H22N4O.ClH/c17-11-16(8-4-1-5-9-16)10-14(21)20-15-18-12-6-2-3-7-13(12)19-15;/h2-3,6-7H,1,4-5,8-11,17H2,(H2,18,19,20,21);1H. The summed E-state index contributed by atoms with van der Waals surface area (Å²) in [7, 11) is 0. The van der Waals surface area contributed by atoms with Gasteiger partial charge in [0.1, 0.15) is 0 Å². The van der Waals surface area contributed by atoms with Gasteiger partial charge in [-0.3, -0.25) is 10.1 Å². The molecule has 5 nitrogen and oxygen atoms in total. The average Bonchev–Trinajstić information content (AvgIpc) is 2.90. The number of imidazole rings is 1. The van der Waals surface area contributed by atoms with Gasteiger partial charge in [-0.05, 0) is 36.9 Å². The van der Waals surface area contributed by atoms with Crippen molar-refractivity contribution in [2.45, 2.75) is 38.5 Å². The summed E-state index contributed by atoms with van der Waals surface area (Å²) in [5, 5.41) is 2.88. The number of carbonyl (C=O) groups excluding carboxylic acids is 1. The molecule has 0 unspecified atom stereocenters. The quantitative estimate of drug-likeness (QED) is 0.808. The van der Waals surface area contributed by atoms with E-state index in [1.54, 1.807) is 0 Å². The number of amides is 1. The number of carbonyl (C=O) groups is 1. The third-order valence-corrected chi connectivity index (χ3v) is 4.53. The Morgan fingerprint density at radius 2 is 2.00 bits per heavy atom. The monoisotopic (exact) mass is 322 g/mol. The van der Waals surface area contributed by atoms with E-state index in [4.69, 9.17) is 5.73 Å². The molecule has 0 atom stereocenters. The Hall–Kier alpha value is -1.59. The van der Waals surface area contributed by atoms with Crippen LogP contribution in [0.5, 0.6) is 0 Å². The fourth-order valence-electron chi connectivity index (χ4n) is 3.28. The number of para-hydroxylation sites is 2. The van der Waals surface area contributed by atoms with E-state index in [-0.39, 0.29) is 23.7 Å². The van der Waals surface area contributed by atoms with Crippen LogP contribution in [0, 0.1) is 5.41 Å². The normalized spacial score (nSPS) is 17.0. The largest absolute Gasteiger partial charge is 0.330 e. The summed E-state index contributed by atoms with van der Waals surface area (Å²) in [6.45, 7) is 0.584. The first-order valence-electron chi connectivity index (χ1n) is 7.65. The zero-order valence-corrected chi connectivity index (χ0v) is 13.4. The Morgan fingerprint density at radius 3 is 2.68 bits per heavy atom. The van der Waals surface area contributed by atoms with Crippen LogP contribution in [0.25, 0.3) is 11.0 Å². The number of nitrogens with zero attached hydrogens (tertiary/aromatic N) is 1. The number of rotatable bonds is 4. The van der Waals surface area contributed by atoms with Crippen molar-refractivity contribution in [2.75, 3.05) is 11.9 Å². The number of fused-ring (bicyclic) bond motifs is 1. The topological polar surface area (TPSA) is 83.8 Å². The van der Waals surface area contributed by atoms with Crippen LogP contribution in [0.4, 0.5) is 5.95 Å². The Kier molecular flexibility index (Phi) is 5.42. The van der Waals surface area contributed by atoms with Gasteiger partial charge in [-0.25, -0.2) is 4.98 Å². The van der Waals surface area contributed by atoms with Gasteiger partial charge in [0.15, 0.2) is 0 Å². The third-order valence-electron chi connectivity index (χ3n) is 4.53. The number of hydrogen-bond acceptors (Lipinski definition) is 3. The molecule has 1 aliphatic carbocycles. The smallest absolute Gasteiger partial charge is 0.227 e. The summed E-state index contributed by atoms with van der Waals surface area (Å²) < 4.78 is 0. The van der Waals surface area contributed by atoms with Gasteiger partial charge >= 0.3 is 0 Å². The lowest BCUT2D eigenvalue weighted by Crippen LogP contribution is -2.36. The molecular formula is C16H23ClN4O. The van der Waals surface area contributed by atoms with Crippen molar-refractivity contribution in [3.8, 4) is 0 Å². The molecule has 1 fully saturated rings. The number of benzene rings is 1. The lowest BCUT2D eigenvalue weighted by atomic mass is 9.72. The molecule has 1 aromatic heterocycles. The van der Waals surface area contributed by atoms with Crippen LogP contribution >= 0.6 is 12.4 Å². The first kappa shape index (κ1) is 16.8. The molecular weight excluding hydrogens is 300 g/mol. The van der Waals surface area contributed by atoms with Crippen LogP contribution < -0.4 is 11.1 Å². The highest BCUT2D eigenvalue weighted by Crippen LogP contribution is 2.38. The Balaban J connectivity index is 0.00000176. The van der Waals surface area contributed by atoms with Gasteiger partial charge in [0.05, 0.1) is 11.0 Å². The highest BCUT2D eigenvalue weighted by atomic mass is 35.5. The lowest BCUT2D eigenvalue weighted by Gasteiger charge is -2.35. The third kappa shape index (κ3) is 3.59. The molecule has 0 saturated heterocycles. The van der Waals surface area contributed by atoms with E-state index < -0.39 is 0 Å². The van der Waals surface area contributed by atoms with E-state index >= 15 is 0 Å². The second-order valence-electron chi connectivity index (χ2n) is 6.09. The molecule has 0 spiro atoms. The lowest BCUT2D eigenvalue weighted by molar-refractivity contribution is -0.118. The Bertz CT molecular complexity index is 601. The number of nitrogens with two attached hydrogens (primary N) is 1. The highest BCUT2D eigenvalue weighted by molar-refractivity contribution is 5.91. The second kappa shape index (κ2) is 7.11. The highest BCUT2D eigenvalue weighted by Gasteiger charge is 2.33. The number of aromatic nitrogens is 2. The predicted octanol–water partition coefficient (Wildman–Crippen LogP) is 3.22. The second-order valence-corrected chi connectivity index (χ2v) is 6.09. The molecule has 0 bridgehead atoms. The predicted molar refractivity (Wildman–Crippen MR) is 91.2 cm³/mol. The molecule has 4 N–H and O–H groups in total. The number of H-pyrrole nitrogens is 1. The number of anilines is 1. The number of aromatic amines is 1. The van der Waals surface area contributed by atoms with Crippen molar-refractivity contribution in [2.24, 2.45) is 11.1 Å². The van der Waals surface area contributed by atoms with Crippen LogP contribution in [-0.2, 0) is 4.79 Å². The maximum Gasteiger partial charge on any atom is 0.227 e. The zero-order chi connectivity index (χ0) is 14.7. The van der Waals surface area contributed by atoms with Gasteiger partial charge in [-0.2, -0.15) is 0 Å². The molecule has 2 aromatic rings. The molecule has 22 heavy (non-hydrogen) atoms. The minimum Gasteiger partial charge on any atom is -0.330 e. The molecule has 3 rings (SSSR count). The van der Waals surface area contributed by atoms with Crippen LogP contribution in [0.15, 0.2) is 24.3 Å². The number of halogens is 1. The molecule has 0 aliphatic heterocycles. The van der Waals surface area contributed by atoms with E-state index in [9.17, 15) is 4.79 Å². The van der Waals surface area contributed by atoms with Gasteiger partial charge in [0.2, 0.25) is 11.9 Å². The van der Waals surface area contributed by atoms with Crippen molar-refractivity contribution in [1.82, 2.24) is 9.97 Å². The van der Waals surface area contributed by atoms with Crippen molar-refractivity contribution in [3.05, 3.63) is 24.3 Å². The van der Waals surface area contributed by atoms with E-state index in [1.165, 1.54) is 19.3 Å². The molecule has 1 saturated carbocycles. The van der Waals surface area contributed by atoms with Gasteiger partial charge < -0.3 is 10.7 Å². The summed E-state index contributed by atoms with van der Waals surface area (Å²) in [6, 6.07) is 7.74. The van der Waals surface area contributed by atoms with Gasteiger partial charge in [-0.1, -0.05) is 31.4 Å². The van der Waals surface area contributed by atoms with E-state index in [1.807, 2.05) is 24.3 Å². The molecule has 1 heterocycles. The molecule has 1 aliphatic rings. The molecule has 1 aromatic carbocycles. The summed E-state index contributed by atoms with van der Waals surface area (Å²) in [6.07, 6.45) is 6.20. The van der Waals surface area contributed by atoms with Crippen molar-refractivity contribution >= 4 is 35.3 Å². The van der Waals surface area contributed by atoms with Crippen molar-refractivity contribution in [1.29, 1.82) is 0 Å². The summed E-state index contributed by atoms with van der Waals surface area (Å²) >= 11 is 0. The van der Waals surface area contributed by atoms with E-state index in [2.05, 4.69) is 15.3 Å². The van der Waals surface area contributed by atoms with Crippen molar-refractivity contribution < 1.29 is 4.79 Å². The molecule has 0 radical (unpaired) electrons. The average molecular weight is 323 g/mol. The summed E-state index contributed by atoms with van der Waals surface area (Å²) in [5.74, 6) is 0.519. The van der Waals surface area contributed by atoms with Crippen LogP contribution in [0.3, 0.4) is 0 Å². The van der Waals surface area contributed by atoms with Gasteiger partial charge in [-0.15, -0.1) is 12.4 Å². The number of hydrogen-bond donors (Lipinski definition) is 3. The fourth-order valence-corrected chi connectivity index (χ4v) is 3.28. The van der Waals surface area contributed by atoms with Gasteiger partial charge in [0.25, 0.3) is 0 Å². The van der Waals surface area contributed by atoms with E-state index in [0.717, 1.165) is 23.9 Å².